The van der Waals surface area contributed by atoms with Gasteiger partial charge >= 0.3 is 0 Å². The van der Waals surface area contributed by atoms with Crippen molar-refractivity contribution >= 4 is 5.91 Å². The highest BCUT2D eigenvalue weighted by molar-refractivity contribution is 5.72. The molecule has 2 rings (SSSR count). The van der Waals surface area contributed by atoms with Crippen LogP contribution in [0.4, 0.5) is 0 Å². The van der Waals surface area contributed by atoms with Crippen molar-refractivity contribution in [3.63, 3.8) is 0 Å². The van der Waals surface area contributed by atoms with Crippen LogP contribution in [0.1, 0.15) is 36.8 Å². The number of amides is 1. The smallest absolute Gasteiger partial charge is 0.216 e. The highest BCUT2D eigenvalue weighted by atomic mass is 16.5. The zero-order chi connectivity index (χ0) is 12.3. The molecule has 1 aromatic rings. The molecular formula is C14H19NO2. The minimum atomic E-state index is 0.0499. The van der Waals surface area contributed by atoms with Gasteiger partial charge in [0, 0.05) is 13.5 Å². The highest BCUT2D eigenvalue weighted by Gasteiger charge is 2.22. The van der Waals surface area contributed by atoms with Crippen molar-refractivity contribution in [2.75, 3.05) is 13.7 Å². The van der Waals surface area contributed by atoms with Crippen LogP contribution in [0.5, 0.6) is 5.75 Å². The molecule has 0 saturated carbocycles. The van der Waals surface area contributed by atoms with E-state index in [1.165, 1.54) is 17.5 Å². The lowest BCUT2D eigenvalue weighted by molar-refractivity contribution is -0.118. The maximum atomic E-state index is 10.8. The molecule has 0 heterocycles. The minimum absolute atomic E-state index is 0.0499. The van der Waals surface area contributed by atoms with Crippen molar-refractivity contribution in [3.8, 4) is 5.75 Å². The summed E-state index contributed by atoms with van der Waals surface area (Å²) >= 11 is 0. The Bertz CT molecular complexity index is 415. The number of aryl methyl sites for hydroxylation is 1. The molecule has 1 aliphatic carbocycles. The Morgan fingerprint density at radius 2 is 2.35 bits per heavy atom. The fourth-order valence-corrected chi connectivity index (χ4v) is 2.52. The molecule has 1 atom stereocenters. The van der Waals surface area contributed by atoms with E-state index >= 15 is 0 Å². The Hall–Kier alpha value is -1.51. The number of hydrogen-bond donors (Lipinski definition) is 1. The summed E-state index contributed by atoms with van der Waals surface area (Å²) in [7, 11) is 1.70. The lowest BCUT2D eigenvalue weighted by atomic mass is 9.97. The maximum absolute atomic E-state index is 10.8. The van der Waals surface area contributed by atoms with Gasteiger partial charge in [-0.3, -0.25) is 4.79 Å². The molecule has 1 amide bonds. The van der Waals surface area contributed by atoms with Crippen LogP contribution in [0.2, 0.25) is 0 Å². The molecule has 0 aromatic heterocycles. The van der Waals surface area contributed by atoms with Gasteiger partial charge in [-0.2, -0.15) is 0 Å². The second kappa shape index (κ2) is 5.21. The molecule has 3 heteroatoms. The molecule has 0 bridgehead atoms. The first kappa shape index (κ1) is 12.0. The molecule has 1 aliphatic rings. The Balaban J connectivity index is 2.02. The third kappa shape index (κ3) is 2.78. The van der Waals surface area contributed by atoms with Gasteiger partial charge in [0.2, 0.25) is 5.91 Å². The summed E-state index contributed by atoms with van der Waals surface area (Å²) < 4.78 is 5.26. The molecular weight excluding hydrogens is 214 g/mol. The number of fused-ring (bicyclic) bond motifs is 1. The van der Waals surface area contributed by atoms with Gasteiger partial charge in [-0.15, -0.1) is 0 Å². The Labute approximate surface area is 102 Å². The van der Waals surface area contributed by atoms with Crippen LogP contribution in [0.3, 0.4) is 0 Å². The number of nitrogens with one attached hydrogen (secondary N) is 1. The first-order valence-corrected chi connectivity index (χ1v) is 6.12. The van der Waals surface area contributed by atoms with E-state index in [0.717, 1.165) is 25.1 Å². The van der Waals surface area contributed by atoms with E-state index in [-0.39, 0.29) is 5.91 Å². The molecule has 0 saturated heterocycles. The summed E-state index contributed by atoms with van der Waals surface area (Å²) in [5.41, 5.74) is 2.83. The summed E-state index contributed by atoms with van der Waals surface area (Å²) in [5, 5.41) is 2.86. The zero-order valence-corrected chi connectivity index (χ0v) is 10.5. The van der Waals surface area contributed by atoms with E-state index in [1.807, 2.05) is 6.07 Å². The van der Waals surface area contributed by atoms with Crippen molar-refractivity contribution in [1.29, 1.82) is 0 Å². The quantitative estimate of drug-likeness (QED) is 0.866. The normalized spacial score (nSPS) is 17.6. The van der Waals surface area contributed by atoms with Crippen LogP contribution >= 0.6 is 0 Å². The molecule has 17 heavy (non-hydrogen) atoms. The molecule has 1 N–H and O–H groups in total. The van der Waals surface area contributed by atoms with Crippen LogP contribution in [-0.2, 0) is 11.2 Å². The van der Waals surface area contributed by atoms with Crippen molar-refractivity contribution in [2.45, 2.75) is 32.1 Å². The molecule has 0 spiro atoms. The van der Waals surface area contributed by atoms with Crippen LogP contribution in [-0.4, -0.2) is 19.6 Å². The van der Waals surface area contributed by atoms with Gasteiger partial charge in [0.05, 0.1) is 7.11 Å². The minimum Gasteiger partial charge on any atom is -0.497 e. The fraction of sp³-hybridized carbons (Fsp3) is 0.500. The second-order valence-electron chi connectivity index (χ2n) is 4.57. The standard InChI is InChI=1S/C14H19NO2/c1-10(16)15-8-7-12-4-3-11-5-6-13(17-2)9-14(11)12/h5-6,9,12H,3-4,7-8H2,1-2H3,(H,15,16)/t12-/m1/s1. The lowest BCUT2D eigenvalue weighted by Crippen LogP contribution is -2.22. The Morgan fingerprint density at radius 3 is 3.06 bits per heavy atom. The van der Waals surface area contributed by atoms with Gasteiger partial charge in [0.1, 0.15) is 5.75 Å². The zero-order valence-electron chi connectivity index (χ0n) is 10.5. The lowest BCUT2D eigenvalue weighted by Gasteiger charge is -2.12. The van der Waals surface area contributed by atoms with Gasteiger partial charge in [-0.1, -0.05) is 6.07 Å². The third-order valence-corrected chi connectivity index (χ3v) is 3.42. The monoisotopic (exact) mass is 233 g/mol. The number of rotatable bonds is 4. The van der Waals surface area contributed by atoms with E-state index in [1.54, 1.807) is 14.0 Å². The number of methoxy groups -OCH3 is 1. The van der Waals surface area contributed by atoms with Crippen molar-refractivity contribution in [2.24, 2.45) is 0 Å². The Morgan fingerprint density at radius 1 is 1.53 bits per heavy atom. The maximum Gasteiger partial charge on any atom is 0.216 e. The van der Waals surface area contributed by atoms with Crippen LogP contribution in [0.25, 0.3) is 0 Å². The van der Waals surface area contributed by atoms with E-state index < -0.39 is 0 Å². The van der Waals surface area contributed by atoms with Gasteiger partial charge in [0.15, 0.2) is 0 Å². The predicted octanol–water partition coefficient (Wildman–Crippen LogP) is 2.25. The van der Waals surface area contributed by atoms with E-state index in [9.17, 15) is 4.79 Å². The number of carbonyl (C=O) groups excluding carboxylic acids is 1. The van der Waals surface area contributed by atoms with E-state index in [2.05, 4.69) is 17.4 Å². The van der Waals surface area contributed by atoms with Gasteiger partial charge in [-0.25, -0.2) is 0 Å². The molecule has 1 aromatic carbocycles. The molecule has 0 aliphatic heterocycles. The number of carbonyl (C=O) groups is 1. The number of benzene rings is 1. The average molecular weight is 233 g/mol. The molecule has 0 unspecified atom stereocenters. The first-order chi connectivity index (χ1) is 8.20. The molecule has 0 fully saturated rings. The van der Waals surface area contributed by atoms with Crippen LogP contribution < -0.4 is 10.1 Å². The summed E-state index contributed by atoms with van der Waals surface area (Å²) in [4.78, 5) is 10.8. The third-order valence-electron chi connectivity index (χ3n) is 3.42. The fourth-order valence-electron chi connectivity index (χ4n) is 2.52. The molecule has 92 valence electrons. The summed E-state index contributed by atoms with van der Waals surface area (Å²) in [6.07, 6.45) is 3.34. The summed E-state index contributed by atoms with van der Waals surface area (Å²) in [5.74, 6) is 1.54. The van der Waals surface area contributed by atoms with Gasteiger partial charge in [0.25, 0.3) is 0 Å². The van der Waals surface area contributed by atoms with Crippen LogP contribution in [0, 0.1) is 0 Å². The van der Waals surface area contributed by atoms with Crippen molar-refractivity contribution < 1.29 is 9.53 Å². The average Bonchev–Trinajstić information content (AvgIpc) is 2.71. The topological polar surface area (TPSA) is 38.3 Å². The van der Waals surface area contributed by atoms with E-state index in [4.69, 9.17) is 4.74 Å². The number of hydrogen-bond acceptors (Lipinski definition) is 2. The largest absolute Gasteiger partial charge is 0.497 e. The summed E-state index contributed by atoms with van der Waals surface area (Å²) in [6.45, 7) is 2.32. The van der Waals surface area contributed by atoms with E-state index in [0.29, 0.717) is 5.92 Å². The second-order valence-corrected chi connectivity index (χ2v) is 4.57. The van der Waals surface area contributed by atoms with Crippen molar-refractivity contribution in [1.82, 2.24) is 5.32 Å². The molecule has 0 radical (unpaired) electrons. The predicted molar refractivity (Wildman–Crippen MR) is 67.4 cm³/mol. The molecule has 3 nitrogen and oxygen atoms in total. The summed E-state index contributed by atoms with van der Waals surface area (Å²) in [6, 6.07) is 6.32. The highest BCUT2D eigenvalue weighted by Crippen LogP contribution is 2.37. The Kier molecular flexibility index (Phi) is 3.67. The van der Waals surface area contributed by atoms with Crippen molar-refractivity contribution in [3.05, 3.63) is 29.3 Å². The number of ether oxygens (including phenoxy) is 1. The SMILES string of the molecule is COc1ccc2c(c1)[C@@H](CCNC(C)=O)CC2. The van der Waals surface area contributed by atoms with Gasteiger partial charge in [-0.05, 0) is 48.4 Å². The van der Waals surface area contributed by atoms with Gasteiger partial charge < -0.3 is 10.1 Å². The van der Waals surface area contributed by atoms with Crippen LogP contribution in [0.15, 0.2) is 18.2 Å². The first-order valence-electron chi connectivity index (χ1n) is 6.12.